The van der Waals surface area contributed by atoms with Crippen molar-refractivity contribution in [2.45, 2.75) is 24.7 Å². The van der Waals surface area contributed by atoms with Gasteiger partial charge in [0.25, 0.3) is 0 Å². The second-order valence-electron chi connectivity index (χ2n) is 6.62. The van der Waals surface area contributed by atoms with Crippen LogP contribution in [0.15, 0.2) is 31.0 Å². The summed E-state index contributed by atoms with van der Waals surface area (Å²) in [4.78, 5) is 33.5. The number of nitrogens with one attached hydrogen (secondary N) is 2. The van der Waals surface area contributed by atoms with Crippen molar-refractivity contribution in [3.63, 3.8) is 0 Å². The molecule has 0 aromatic carbocycles. The second kappa shape index (κ2) is 7.28. The number of nitrogens with zero attached hydrogens (tertiary/aromatic N) is 5. The highest BCUT2D eigenvalue weighted by molar-refractivity contribution is 5.91. The molecular weight excluding hydrogens is 391 g/mol. The van der Waals surface area contributed by atoms with Crippen LogP contribution in [0.3, 0.4) is 0 Å². The highest BCUT2D eigenvalue weighted by Gasteiger charge is 2.38. The van der Waals surface area contributed by atoms with Gasteiger partial charge < -0.3 is 20.3 Å². The van der Waals surface area contributed by atoms with Crippen LogP contribution in [0.2, 0.25) is 0 Å². The Morgan fingerprint density at radius 2 is 2.21 bits per heavy atom. The van der Waals surface area contributed by atoms with Crippen LogP contribution >= 0.6 is 0 Å². The van der Waals surface area contributed by atoms with Crippen molar-refractivity contribution in [1.29, 1.82) is 0 Å². The summed E-state index contributed by atoms with van der Waals surface area (Å²) in [5.41, 5.74) is 1.24. The third kappa shape index (κ3) is 3.97. The van der Waals surface area contributed by atoms with E-state index in [4.69, 9.17) is 0 Å². The number of rotatable bonds is 4. The molecule has 0 bridgehead atoms. The molecule has 2 atom stereocenters. The summed E-state index contributed by atoms with van der Waals surface area (Å²) in [6, 6.07) is 0.568. The van der Waals surface area contributed by atoms with Crippen molar-refractivity contribution < 1.29 is 23.1 Å². The zero-order valence-electron chi connectivity index (χ0n) is 14.9. The summed E-state index contributed by atoms with van der Waals surface area (Å²) in [5, 5.41) is 12.6. The van der Waals surface area contributed by atoms with Crippen molar-refractivity contribution in [3.05, 3.63) is 31.0 Å². The zero-order chi connectivity index (χ0) is 20.6. The Kier molecular flexibility index (Phi) is 4.78. The van der Waals surface area contributed by atoms with Crippen LogP contribution in [0.4, 0.5) is 19.0 Å². The molecule has 29 heavy (non-hydrogen) atoms. The third-order valence-electron chi connectivity index (χ3n) is 4.58. The number of anilines is 1. The number of H-pyrrole nitrogens is 1. The summed E-state index contributed by atoms with van der Waals surface area (Å²) in [6.45, 7) is -1.37. The average Bonchev–Trinajstić information content (AvgIpc) is 3.29. The molecule has 3 N–H and O–H groups in total. The van der Waals surface area contributed by atoms with Gasteiger partial charge in [-0.05, 0) is 6.07 Å². The number of carbonyl (C=O) groups is 1. The second-order valence-corrected chi connectivity index (χ2v) is 6.62. The van der Waals surface area contributed by atoms with E-state index in [1.807, 2.05) is 5.32 Å². The van der Waals surface area contributed by atoms with E-state index in [0.717, 1.165) is 0 Å². The molecule has 4 rings (SSSR count). The first-order valence-corrected chi connectivity index (χ1v) is 8.71. The lowest BCUT2D eigenvalue weighted by Crippen LogP contribution is -2.46. The molecule has 1 fully saturated rings. The Morgan fingerprint density at radius 1 is 1.38 bits per heavy atom. The van der Waals surface area contributed by atoms with Crippen molar-refractivity contribution in [2.75, 3.05) is 18.0 Å². The SMILES string of the molecule is O=C(NCC(F)(F)F)[C@H]1C[C@H](O)CN1c1ccnc(-c2c[nH]c3ncncc23)n1. The van der Waals surface area contributed by atoms with E-state index >= 15 is 0 Å². The maximum Gasteiger partial charge on any atom is 0.405 e. The van der Waals surface area contributed by atoms with E-state index < -0.39 is 30.8 Å². The molecule has 12 heteroatoms. The van der Waals surface area contributed by atoms with Crippen LogP contribution in [0.1, 0.15) is 6.42 Å². The standard InChI is InChI=1S/C17H16F3N7O2/c18-17(19,20)7-24-16(29)12-3-9(28)6-27(12)13-1-2-22-15(26-13)11-5-23-14-10(11)4-21-8-25-14/h1-2,4-5,8-9,12,28H,3,6-7H2,(H,24,29)(H,21,23,25)/t9-,12+/m0/s1. The first kappa shape index (κ1) is 19.1. The monoisotopic (exact) mass is 407 g/mol. The molecule has 1 saturated heterocycles. The Hall–Kier alpha value is -3.28. The Balaban J connectivity index is 1.62. The van der Waals surface area contributed by atoms with Gasteiger partial charge in [-0.15, -0.1) is 0 Å². The minimum atomic E-state index is -4.52. The number of carbonyl (C=O) groups excluding carboxylic acids is 1. The van der Waals surface area contributed by atoms with E-state index in [-0.39, 0.29) is 13.0 Å². The normalized spacial score (nSPS) is 19.7. The van der Waals surface area contributed by atoms with Gasteiger partial charge in [-0.2, -0.15) is 13.2 Å². The molecule has 0 saturated carbocycles. The molecule has 9 nitrogen and oxygen atoms in total. The first-order valence-electron chi connectivity index (χ1n) is 8.71. The highest BCUT2D eigenvalue weighted by Crippen LogP contribution is 2.28. The third-order valence-corrected chi connectivity index (χ3v) is 4.58. The van der Waals surface area contributed by atoms with Crippen LogP contribution in [0.5, 0.6) is 0 Å². The smallest absolute Gasteiger partial charge is 0.391 e. The molecule has 0 radical (unpaired) electrons. The lowest BCUT2D eigenvalue weighted by Gasteiger charge is -2.25. The Bertz CT molecular complexity index is 1040. The quantitative estimate of drug-likeness (QED) is 0.591. The fraction of sp³-hybridized carbons (Fsp3) is 0.353. The van der Waals surface area contributed by atoms with Crippen molar-refractivity contribution in [1.82, 2.24) is 30.2 Å². The molecule has 0 aliphatic carbocycles. The van der Waals surface area contributed by atoms with Gasteiger partial charge in [-0.25, -0.2) is 19.9 Å². The largest absolute Gasteiger partial charge is 0.405 e. The lowest BCUT2D eigenvalue weighted by atomic mass is 10.2. The van der Waals surface area contributed by atoms with Gasteiger partial charge in [-0.3, -0.25) is 4.79 Å². The molecule has 152 valence electrons. The van der Waals surface area contributed by atoms with Gasteiger partial charge in [0.15, 0.2) is 5.82 Å². The van der Waals surface area contributed by atoms with Crippen molar-refractivity contribution >= 4 is 22.8 Å². The summed E-state index contributed by atoms with van der Waals surface area (Å²) in [5.74, 6) is -0.163. The van der Waals surface area contributed by atoms with Crippen molar-refractivity contribution in [2.24, 2.45) is 0 Å². The summed E-state index contributed by atoms with van der Waals surface area (Å²) >= 11 is 0. The van der Waals surface area contributed by atoms with Gasteiger partial charge in [0, 0.05) is 42.5 Å². The first-order chi connectivity index (χ1) is 13.8. The number of aliphatic hydroxyl groups excluding tert-OH is 1. The molecule has 3 aromatic rings. The molecule has 1 amide bonds. The average molecular weight is 407 g/mol. The molecule has 3 aromatic heterocycles. The van der Waals surface area contributed by atoms with Gasteiger partial charge in [-0.1, -0.05) is 0 Å². The van der Waals surface area contributed by atoms with Crippen molar-refractivity contribution in [3.8, 4) is 11.4 Å². The zero-order valence-corrected chi connectivity index (χ0v) is 14.9. The number of hydrogen-bond donors (Lipinski definition) is 3. The van der Waals surface area contributed by atoms with Gasteiger partial charge in [0.1, 0.15) is 30.4 Å². The van der Waals surface area contributed by atoms with Crippen LogP contribution < -0.4 is 10.2 Å². The predicted octanol–water partition coefficient (Wildman–Crippen LogP) is 1.03. The van der Waals surface area contributed by atoms with E-state index in [9.17, 15) is 23.1 Å². The van der Waals surface area contributed by atoms with Crippen LogP contribution in [0.25, 0.3) is 22.4 Å². The van der Waals surface area contributed by atoms with E-state index in [2.05, 4.69) is 24.9 Å². The number of aliphatic hydroxyl groups is 1. The molecule has 4 heterocycles. The Labute approximate surface area is 162 Å². The number of fused-ring (bicyclic) bond motifs is 1. The minimum absolute atomic E-state index is 0.00392. The van der Waals surface area contributed by atoms with Crippen LogP contribution in [-0.2, 0) is 4.79 Å². The number of hydrogen-bond acceptors (Lipinski definition) is 7. The summed E-state index contributed by atoms with van der Waals surface area (Å²) < 4.78 is 37.3. The van der Waals surface area contributed by atoms with Crippen LogP contribution in [0, 0.1) is 0 Å². The summed E-state index contributed by atoms with van der Waals surface area (Å²) in [6.07, 6.45) is 0.783. The fourth-order valence-electron chi connectivity index (χ4n) is 3.30. The molecule has 0 spiro atoms. The van der Waals surface area contributed by atoms with Gasteiger partial charge in [0.2, 0.25) is 5.91 Å². The maximum atomic E-state index is 12.4. The van der Waals surface area contributed by atoms with Gasteiger partial charge >= 0.3 is 6.18 Å². The molecule has 0 unspecified atom stereocenters. The van der Waals surface area contributed by atoms with E-state index in [1.165, 1.54) is 23.5 Å². The lowest BCUT2D eigenvalue weighted by molar-refractivity contribution is -0.139. The predicted molar refractivity (Wildman–Crippen MR) is 95.7 cm³/mol. The van der Waals surface area contributed by atoms with Gasteiger partial charge in [0.05, 0.1) is 6.10 Å². The van der Waals surface area contributed by atoms with Crippen LogP contribution in [-0.4, -0.2) is 67.3 Å². The molecule has 1 aliphatic heterocycles. The molecule has 1 aliphatic rings. The number of aromatic nitrogens is 5. The maximum absolute atomic E-state index is 12.4. The number of aromatic amines is 1. The topological polar surface area (TPSA) is 120 Å². The summed E-state index contributed by atoms with van der Waals surface area (Å²) in [7, 11) is 0. The molecular formula is C17H16F3N7O2. The van der Waals surface area contributed by atoms with E-state index in [0.29, 0.717) is 28.2 Å². The highest BCUT2D eigenvalue weighted by atomic mass is 19.4. The minimum Gasteiger partial charge on any atom is -0.391 e. The number of amides is 1. The number of β-amino-alcohol motifs (C(OH)–C–C–N with tert-alkyl or cyclic N) is 1. The number of alkyl halides is 3. The Morgan fingerprint density at radius 3 is 3.00 bits per heavy atom. The fourth-order valence-corrected chi connectivity index (χ4v) is 3.30. The van der Waals surface area contributed by atoms with E-state index in [1.54, 1.807) is 12.4 Å². The number of halogens is 3.